The van der Waals surface area contributed by atoms with E-state index in [2.05, 4.69) is 45.6 Å². The molecule has 0 radical (unpaired) electrons. The molecule has 124 valence electrons. The van der Waals surface area contributed by atoms with Crippen LogP contribution in [-0.4, -0.2) is 7.11 Å². The molecule has 0 aromatic heterocycles. The van der Waals surface area contributed by atoms with Gasteiger partial charge in [0.25, 0.3) is 0 Å². The lowest BCUT2D eigenvalue weighted by atomic mass is 9.91. The van der Waals surface area contributed by atoms with E-state index >= 15 is 0 Å². The maximum Gasteiger partial charge on any atom is 0.200 e. The Balaban J connectivity index is 0. The molecule has 0 heterocycles. The lowest BCUT2D eigenvalue weighted by molar-refractivity contribution is 0.280. The third-order valence-corrected chi connectivity index (χ3v) is 3.35. The van der Waals surface area contributed by atoms with Gasteiger partial charge in [0, 0.05) is 0 Å². The van der Waals surface area contributed by atoms with Crippen molar-refractivity contribution in [2.75, 3.05) is 7.11 Å². The van der Waals surface area contributed by atoms with Crippen molar-refractivity contribution in [2.24, 2.45) is 11.8 Å². The van der Waals surface area contributed by atoms with Crippen LogP contribution in [-0.2, 0) is 4.74 Å². The summed E-state index contributed by atoms with van der Waals surface area (Å²) < 4.78 is 31.8. The van der Waals surface area contributed by atoms with Crippen molar-refractivity contribution in [2.45, 2.75) is 60.3 Å². The Bertz CT molecular complexity index is 345. The third-order valence-electron chi connectivity index (χ3n) is 3.35. The Labute approximate surface area is 129 Å². The highest BCUT2D eigenvalue weighted by Crippen LogP contribution is 2.30. The number of halogens is 2. The van der Waals surface area contributed by atoms with E-state index in [-0.39, 0.29) is 17.3 Å². The molecule has 0 bridgehead atoms. The van der Waals surface area contributed by atoms with E-state index in [4.69, 9.17) is 0 Å². The number of methoxy groups -OCH3 is 1. The normalized spacial score (nSPS) is 14.3. The molecule has 21 heavy (non-hydrogen) atoms. The zero-order chi connectivity index (χ0) is 17.0. The quantitative estimate of drug-likeness (QED) is 0.356. The van der Waals surface area contributed by atoms with Crippen molar-refractivity contribution in [3.63, 3.8) is 0 Å². The predicted octanol–water partition coefficient (Wildman–Crippen LogP) is 6.73. The molecule has 0 saturated heterocycles. The number of rotatable bonds is 8. The van der Waals surface area contributed by atoms with E-state index in [1.165, 1.54) is 13.5 Å². The molecule has 0 saturated carbocycles. The highest BCUT2D eigenvalue weighted by atomic mass is 19.2. The first-order valence-corrected chi connectivity index (χ1v) is 7.74. The minimum atomic E-state index is -1.06. The molecule has 1 nitrogen and oxygen atoms in total. The van der Waals surface area contributed by atoms with Crippen molar-refractivity contribution in [1.82, 2.24) is 0 Å². The lowest BCUT2D eigenvalue weighted by Gasteiger charge is -2.16. The van der Waals surface area contributed by atoms with Crippen LogP contribution in [0.25, 0.3) is 0 Å². The summed E-state index contributed by atoms with van der Waals surface area (Å²) in [5, 5.41) is 0. The second-order valence-electron chi connectivity index (χ2n) is 5.48. The molecule has 0 spiro atoms. The number of allylic oxidation sites excluding steroid dienone is 3. The molecule has 0 aromatic carbocycles. The molecule has 0 aliphatic heterocycles. The van der Waals surface area contributed by atoms with Crippen molar-refractivity contribution in [3.8, 4) is 0 Å². The van der Waals surface area contributed by atoms with Gasteiger partial charge in [-0.05, 0) is 23.8 Å². The predicted molar refractivity (Wildman–Crippen MR) is 88.3 cm³/mol. The first kappa shape index (κ1) is 22.2. The molecule has 0 aromatic rings. The fourth-order valence-corrected chi connectivity index (χ4v) is 1.48. The molecule has 0 amide bonds. The van der Waals surface area contributed by atoms with Crippen LogP contribution in [0.5, 0.6) is 0 Å². The molecule has 2 unspecified atom stereocenters. The van der Waals surface area contributed by atoms with Crippen LogP contribution >= 0.6 is 0 Å². The first-order valence-electron chi connectivity index (χ1n) is 7.74. The van der Waals surface area contributed by atoms with Gasteiger partial charge in [0.05, 0.1) is 7.11 Å². The van der Waals surface area contributed by atoms with Crippen molar-refractivity contribution >= 4 is 0 Å². The van der Waals surface area contributed by atoms with Crippen LogP contribution in [0.4, 0.5) is 8.78 Å². The summed E-state index contributed by atoms with van der Waals surface area (Å²) in [4.78, 5) is 0. The Morgan fingerprint density at radius 2 is 1.48 bits per heavy atom. The molecule has 0 aliphatic rings. The van der Waals surface area contributed by atoms with E-state index in [0.29, 0.717) is 5.92 Å². The average Bonchev–Trinajstić information content (AvgIpc) is 2.49. The summed E-state index contributed by atoms with van der Waals surface area (Å²) in [5.74, 6) is -1.81. The minimum absolute atomic E-state index is 0.0885. The molecular weight excluding hydrogens is 270 g/mol. The summed E-state index contributed by atoms with van der Waals surface area (Å²) >= 11 is 0. The van der Waals surface area contributed by atoms with Crippen molar-refractivity contribution in [1.29, 1.82) is 0 Å². The zero-order valence-corrected chi connectivity index (χ0v) is 14.6. The van der Waals surface area contributed by atoms with Gasteiger partial charge in [0.15, 0.2) is 11.7 Å². The van der Waals surface area contributed by atoms with Gasteiger partial charge in [-0.25, -0.2) is 4.39 Å². The van der Waals surface area contributed by atoms with Crippen LogP contribution in [0, 0.1) is 11.8 Å². The molecular formula is C18H32F2O. The Kier molecular flexibility index (Phi) is 13.3. The van der Waals surface area contributed by atoms with Gasteiger partial charge in [-0.2, -0.15) is 4.39 Å². The van der Waals surface area contributed by atoms with Crippen molar-refractivity contribution < 1.29 is 13.5 Å². The lowest BCUT2D eigenvalue weighted by Crippen LogP contribution is -2.04. The summed E-state index contributed by atoms with van der Waals surface area (Å²) in [6.07, 6.45) is 4.12. The highest BCUT2D eigenvalue weighted by Gasteiger charge is 2.18. The summed E-state index contributed by atoms with van der Waals surface area (Å²) in [6.45, 7) is 17.3. The number of ether oxygens (including phenoxy) is 1. The van der Waals surface area contributed by atoms with Gasteiger partial charge in [0.2, 0.25) is 0 Å². The van der Waals surface area contributed by atoms with Gasteiger partial charge in [-0.15, -0.1) is 0 Å². The highest BCUT2D eigenvalue weighted by molar-refractivity contribution is 5.33. The van der Waals surface area contributed by atoms with Gasteiger partial charge in [0.1, 0.15) is 5.76 Å². The summed E-state index contributed by atoms with van der Waals surface area (Å²) in [5.41, 5.74) is 0.175. The number of hydrogen-bond donors (Lipinski definition) is 0. The smallest absolute Gasteiger partial charge is 0.200 e. The fraction of sp³-hybridized carbons (Fsp3) is 0.667. The molecule has 2 atom stereocenters. The van der Waals surface area contributed by atoms with Crippen LogP contribution in [0.1, 0.15) is 60.3 Å². The average molecular weight is 302 g/mol. The van der Waals surface area contributed by atoms with E-state index in [1.54, 1.807) is 0 Å². The molecule has 0 fully saturated rings. The van der Waals surface area contributed by atoms with Crippen LogP contribution in [0.3, 0.4) is 0 Å². The largest absolute Gasteiger partial charge is 0.494 e. The third kappa shape index (κ3) is 9.43. The van der Waals surface area contributed by atoms with Gasteiger partial charge in [-0.1, -0.05) is 67.0 Å². The maximum absolute atomic E-state index is 13.7. The van der Waals surface area contributed by atoms with E-state index in [1.807, 2.05) is 6.92 Å². The molecule has 0 N–H and O–H groups in total. The summed E-state index contributed by atoms with van der Waals surface area (Å²) in [7, 11) is 1.25. The second kappa shape index (κ2) is 12.6. The number of hydrogen-bond acceptors (Lipinski definition) is 1. The molecule has 0 aliphatic carbocycles. The topological polar surface area (TPSA) is 9.23 Å². The molecule has 0 rings (SSSR count). The van der Waals surface area contributed by atoms with Gasteiger partial charge < -0.3 is 4.74 Å². The van der Waals surface area contributed by atoms with Crippen molar-refractivity contribution in [3.05, 3.63) is 36.1 Å². The van der Waals surface area contributed by atoms with Crippen LogP contribution in [0.2, 0.25) is 0 Å². The first-order chi connectivity index (χ1) is 9.76. The molecule has 3 heteroatoms. The van der Waals surface area contributed by atoms with Gasteiger partial charge in [-0.3, -0.25) is 0 Å². The zero-order valence-electron chi connectivity index (χ0n) is 14.6. The fourth-order valence-electron chi connectivity index (χ4n) is 1.48. The standard InChI is InChI=1S/C15H24F2O.C3H8/c1-7-10(2)8-9-11(3)12(4)14(16)15(17)13(5)18-6;1-3-2/h10-11H,4-5,7-9H2,1-3,6H3;3H2,1-2H3/b15-14-;. The van der Waals surface area contributed by atoms with Crippen LogP contribution < -0.4 is 0 Å². The Morgan fingerprint density at radius 1 is 1.00 bits per heavy atom. The van der Waals surface area contributed by atoms with E-state index in [0.717, 1.165) is 19.3 Å². The van der Waals surface area contributed by atoms with E-state index < -0.39 is 11.7 Å². The summed E-state index contributed by atoms with van der Waals surface area (Å²) in [6, 6.07) is 0. The van der Waals surface area contributed by atoms with E-state index in [9.17, 15) is 8.78 Å². The second-order valence-corrected chi connectivity index (χ2v) is 5.48. The maximum atomic E-state index is 13.7. The van der Waals surface area contributed by atoms with Crippen LogP contribution in [0.15, 0.2) is 36.1 Å². The van der Waals surface area contributed by atoms with Gasteiger partial charge >= 0.3 is 0 Å². The SMILES string of the molecule is C=C(OC)/C(F)=C(/F)C(=C)C(C)CCC(C)CC.CCC. The Morgan fingerprint density at radius 3 is 1.86 bits per heavy atom. The monoisotopic (exact) mass is 302 g/mol. The minimum Gasteiger partial charge on any atom is -0.494 e. The Hall–Kier alpha value is -1.12.